The molecule has 2 rings (SSSR count). The number of rotatable bonds is 7. The summed E-state index contributed by atoms with van der Waals surface area (Å²) in [6, 6.07) is 7.50. The number of hydrogen-bond acceptors (Lipinski definition) is 5. The van der Waals surface area contributed by atoms with Gasteiger partial charge in [-0.2, -0.15) is 11.8 Å². The predicted octanol–water partition coefficient (Wildman–Crippen LogP) is 4.43. The third-order valence-corrected chi connectivity index (χ3v) is 3.80. The molecule has 4 nitrogen and oxygen atoms in total. The van der Waals surface area contributed by atoms with E-state index in [9.17, 15) is 0 Å². The zero-order chi connectivity index (χ0) is 15.2. The van der Waals surface area contributed by atoms with Gasteiger partial charge in [-0.25, -0.2) is 0 Å². The van der Waals surface area contributed by atoms with Crippen molar-refractivity contribution in [1.82, 2.24) is 0 Å². The smallest absolute Gasteiger partial charge is 0.145 e. The molecule has 0 bridgehead atoms. The molecule has 0 aliphatic rings. The van der Waals surface area contributed by atoms with Gasteiger partial charge in [0.2, 0.25) is 0 Å². The minimum absolute atomic E-state index is 0.531. The second-order valence-corrected chi connectivity index (χ2v) is 5.61. The molecule has 0 radical (unpaired) electrons. The van der Waals surface area contributed by atoms with Crippen molar-refractivity contribution in [3.05, 3.63) is 40.8 Å². The van der Waals surface area contributed by atoms with Gasteiger partial charge in [0.1, 0.15) is 23.0 Å². The highest BCUT2D eigenvalue weighted by atomic mass is 35.5. The van der Waals surface area contributed by atoms with Crippen LogP contribution >= 0.6 is 23.4 Å². The lowest BCUT2D eigenvalue weighted by molar-refractivity contribution is 0.395. The largest absolute Gasteiger partial charge is 0.495 e. The van der Waals surface area contributed by atoms with Gasteiger partial charge in [0.15, 0.2) is 0 Å². The van der Waals surface area contributed by atoms with Gasteiger partial charge in [0.25, 0.3) is 0 Å². The molecule has 0 spiro atoms. The molecule has 0 atom stereocenters. The molecule has 0 unspecified atom stereocenters. The Balaban J connectivity index is 2.09. The van der Waals surface area contributed by atoms with Crippen LogP contribution in [0.3, 0.4) is 0 Å². The van der Waals surface area contributed by atoms with Gasteiger partial charge in [-0.05, 0) is 24.5 Å². The first-order chi connectivity index (χ1) is 10.2. The molecular weight excluding hydrogens is 310 g/mol. The maximum atomic E-state index is 6.14. The Morgan fingerprint density at radius 3 is 2.52 bits per heavy atom. The number of benzene rings is 1. The van der Waals surface area contributed by atoms with Gasteiger partial charge in [0.05, 0.1) is 37.2 Å². The fourth-order valence-corrected chi connectivity index (χ4v) is 2.60. The maximum absolute atomic E-state index is 6.14. The van der Waals surface area contributed by atoms with Gasteiger partial charge < -0.3 is 19.2 Å². The standard InChI is InChI=1S/C15H18ClNO3S/c1-18-14-7-15(19-2)13(6-12(14)16)17-8-10-4-5-11(20-10)9-21-3/h4-7,17H,8-9H2,1-3H3. The first-order valence-corrected chi connectivity index (χ1v) is 8.17. The lowest BCUT2D eigenvalue weighted by atomic mass is 10.2. The van der Waals surface area contributed by atoms with Crippen molar-refractivity contribution in [3.63, 3.8) is 0 Å². The number of furan rings is 1. The van der Waals surface area contributed by atoms with Crippen LogP contribution in [0.15, 0.2) is 28.7 Å². The van der Waals surface area contributed by atoms with E-state index in [2.05, 4.69) is 5.32 Å². The van der Waals surface area contributed by atoms with E-state index in [0.717, 1.165) is 23.0 Å². The van der Waals surface area contributed by atoms with Gasteiger partial charge >= 0.3 is 0 Å². The van der Waals surface area contributed by atoms with E-state index in [-0.39, 0.29) is 0 Å². The summed E-state index contributed by atoms with van der Waals surface area (Å²) in [5.74, 6) is 3.97. The second-order valence-electron chi connectivity index (χ2n) is 4.34. The molecule has 6 heteroatoms. The number of thioether (sulfide) groups is 1. The average Bonchev–Trinajstić information content (AvgIpc) is 2.93. The third kappa shape index (κ3) is 4.02. The summed E-state index contributed by atoms with van der Waals surface area (Å²) in [7, 11) is 3.18. The molecule has 0 saturated heterocycles. The molecule has 1 N–H and O–H groups in total. The fourth-order valence-electron chi connectivity index (χ4n) is 1.92. The first-order valence-electron chi connectivity index (χ1n) is 6.39. The third-order valence-electron chi connectivity index (χ3n) is 2.93. The molecule has 1 heterocycles. The number of nitrogens with one attached hydrogen (secondary N) is 1. The molecule has 0 fully saturated rings. The van der Waals surface area contributed by atoms with Crippen LogP contribution in [0.2, 0.25) is 5.02 Å². The Hall–Kier alpha value is -1.46. The summed E-state index contributed by atoms with van der Waals surface area (Å²) in [4.78, 5) is 0. The SMILES string of the molecule is COc1cc(OC)c(NCc2ccc(CSC)o2)cc1Cl. The molecule has 0 aliphatic carbocycles. The van der Waals surface area contributed by atoms with Crippen molar-refractivity contribution in [1.29, 1.82) is 0 Å². The average molecular weight is 328 g/mol. The number of ether oxygens (including phenoxy) is 2. The number of methoxy groups -OCH3 is 2. The fraction of sp³-hybridized carbons (Fsp3) is 0.333. The Bertz CT molecular complexity index is 601. The van der Waals surface area contributed by atoms with Gasteiger partial charge in [0, 0.05) is 6.07 Å². The van der Waals surface area contributed by atoms with Gasteiger partial charge in [-0.15, -0.1) is 0 Å². The maximum Gasteiger partial charge on any atom is 0.145 e. The Morgan fingerprint density at radius 2 is 1.86 bits per heavy atom. The summed E-state index contributed by atoms with van der Waals surface area (Å²) >= 11 is 7.87. The van der Waals surface area contributed by atoms with E-state index in [4.69, 9.17) is 25.5 Å². The zero-order valence-corrected chi connectivity index (χ0v) is 13.8. The molecule has 0 amide bonds. The van der Waals surface area contributed by atoms with Gasteiger partial charge in [-0.3, -0.25) is 0 Å². The van der Waals surface area contributed by atoms with E-state index in [0.29, 0.717) is 23.1 Å². The van der Waals surface area contributed by atoms with Crippen molar-refractivity contribution in [2.45, 2.75) is 12.3 Å². The lowest BCUT2D eigenvalue weighted by Crippen LogP contribution is -2.01. The van der Waals surface area contributed by atoms with E-state index >= 15 is 0 Å². The van der Waals surface area contributed by atoms with E-state index in [1.807, 2.05) is 18.4 Å². The van der Waals surface area contributed by atoms with E-state index < -0.39 is 0 Å². The van der Waals surface area contributed by atoms with Gasteiger partial charge in [-0.1, -0.05) is 11.6 Å². The Labute approximate surface area is 133 Å². The van der Waals surface area contributed by atoms with Crippen LogP contribution in [-0.2, 0) is 12.3 Å². The van der Waals surface area contributed by atoms with Crippen LogP contribution in [0.5, 0.6) is 11.5 Å². The van der Waals surface area contributed by atoms with Crippen LogP contribution in [0.25, 0.3) is 0 Å². The molecule has 2 aromatic rings. The van der Waals surface area contributed by atoms with Crippen molar-refractivity contribution in [2.75, 3.05) is 25.8 Å². The molecule has 1 aromatic heterocycles. The minimum atomic E-state index is 0.531. The normalized spacial score (nSPS) is 10.5. The van der Waals surface area contributed by atoms with Crippen LogP contribution in [0.4, 0.5) is 5.69 Å². The molecule has 1 aromatic carbocycles. The summed E-state index contributed by atoms with van der Waals surface area (Å²) in [5.41, 5.74) is 0.797. The van der Waals surface area contributed by atoms with E-state index in [1.165, 1.54) is 0 Å². The molecule has 0 aliphatic heterocycles. The Morgan fingerprint density at radius 1 is 1.14 bits per heavy atom. The number of hydrogen-bond donors (Lipinski definition) is 1. The van der Waals surface area contributed by atoms with Crippen molar-refractivity contribution in [2.24, 2.45) is 0 Å². The predicted molar refractivity (Wildman–Crippen MR) is 87.8 cm³/mol. The van der Waals surface area contributed by atoms with Crippen LogP contribution in [0.1, 0.15) is 11.5 Å². The van der Waals surface area contributed by atoms with E-state index in [1.54, 1.807) is 38.1 Å². The summed E-state index contributed by atoms with van der Waals surface area (Å²) in [5, 5.41) is 3.79. The second kappa shape index (κ2) is 7.52. The topological polar surface area (TPSA) is 43.6 Å². The molecular formula is C15H18ClNO3S. The number of anilines is 1. The molecule has 0 saturated carbocycles. The van der Waals surface area contributed by atoms with Crippen LogP contribution in [-0.4, -0.2) is 20.5 Å². The summed E-state index contributed by atoms with van der Waals surface area (Å²) in [6.45, 7) is 0.563. The number of halogens is 1. The molecule has 114 valence electrons. The van der Waals surface area contributed by atoms with Crippen LogP contribution < -0.4 is 14.8 Å². The highest BCUT2D eigenvalue weighted by Gasteiger charge is 2.10. The highest BCUT2D eigenvalue weighted by Crippen LogP contribution is 2.36. The zero-order valence-electron chi connectivity index (χ0n) is 12.2. The monoisotopic (exact) mass is 327 g/mol. The van der Waals surface area contributed by atoms with Crippen molar-refractivity contribution in [3.8, 4) is 11.5 Å². The van der Waals surface area contributed by atoms with Crippen LogP contribution in [0, 0.1) is 0 Å². The Kier molecular flexibility index (Phi) is 5.70. The summed E-state index contributed by atoms with van der Waals surface area (Å²) < 4.78 is 16.2. The minimum Gasteiger partial charge on any atom is -0.495 e. The summed E-state index contributed by atoms with van der Waals surface area (Å²) in [6.07, 6.45) is 2.05. The first kappa shape index (κ1) is 15.9. The quantitative estimate of drug-likeness (QED) is 0.815. The van der Waals surface area contributed by atoms with Crippen molar-refractivity contribution < 1.29 is 13.9 Å². The van der Waals surface area contributed by atoms with Crippen molar-refractivity contribution >= 4 is 29.1 Å². The highest BCUT2D eigenvalue weighted by molar-refractivity contribution is 7.97. The lowest BCUT2D eigenvalue weighted by Gasteiger charge is -2.13. The molecule has 21 heavy (non-hydrogen) atoms.